The molecule has 0 aliphatic carbocycles. The minimum Gasteiger partial charge on any atom is -0.507 e. The second kappa shape index (κ2) is 7.16. The predicted octanol–water partition coefficient (Wildman–Crippen LogP) is 3.94. The molecule has 1 aromatic heterocycles. The van der Waals surface area contributed by atoms with Crippen LogP contribution in [-0.4, -0.2) is 33.9 Å². The molecule has 0 atom stereocenters. The Balaban J connectivity index is 1.67. The molecule has 5 nitrogen and oxygen atoms in total. The number of aromatic hydroxyl groups is 1. The highest BCUT2D eigenvalue weighted by Gasteiger charge is 2.34. The molecular weight excluding hydrogens is 340 g/mol. The van der Waals surface area contributed by atoms with Crippen molar-refractivity contribution < 1.29 is 14.6 Å². The molecule has 2 aromatic rings. The Hall–Kier alpha value is -2.66. The first kappa shape index (κ1) is 17.7. The number of rotatable bonds is 3. The van der Waals surface area contributed by atoms with E-state index in [9.17, 15) is 9.90 Å². The topological polar surface area (TPSA) is 62.7 Å². The molecule has 2 aliphatic rings. The summed E-state index contributed by atoms with van der Waals surface area (Å²) >= 11 is 0. The Morgan fingerprint density at radius 3 is 2.81 bits per heavy atom. The summed E-state index contributed by atoms with van der Waals surface area (Å²) in [6, 6.07) is 7.19. The van der Waals surface area contributed by atoms with Crippen LogP contribution >= 0.6 is 0 Å². The highest BCUT2D eigenvalue weighted by Crippen LogP contribution is 2.42. The van der Waals surface area contributed by atoms with Crippen molar-refractivity contribution in [3.05, 3.63) is 58.6 Å². The fourth-order valence-corrected chi connectivity index (χ4v) is 3.77. The number of nitrogens with zero attached hydrogens (tertiary/aromatic N) is 2. The average molecular weight is 364 g/mol. The Bertz CT molecular complexity index is 898. The van der Waals surface area contributed by atoms with Crippen molar-refractivity contribution in [1.82, 2.24) is 9.88 Å². The van der Waals surface area contributed by atoms with E-state index in [0.29, 0.717) is 29.1 Å². The fraction of sp³-hybridized carbons (Fsp3) is 0.364. The highest BCUT2D eigenvalue weighted by molar-refractivity contribution is 6.15. The van der Waals surface area contributed by atoms with E-state index in [2.05, 4.69) is 16.8 Å². The number of carbonyl (C=O) groups excluding carboxylic acids is 1. The van der Waals surface area contributed by atoms with Gasteiger partial charge in [0.2, 0.25) is 5.78 Å². The third-order valence-electron chi connectivity index (χ3n) is 5.45. The second-order valence-electron chi connectivity index (χ2n) is 7.55. The van der Waals surface area contributed by atoms with Crippen molar-refractivity contribution in [2.24, 2.45) is 5.92 Å². The Morgan fingerprint density at radius 2 is 2.11 bits per heavy atom. The molecule has 0 bridgehead atoms. The van der Waals surface area contributed by atoms with Crippen LogP contribution in [0.4, 0.5) is 0 Å². The molecule has 1 saturated heterocycles. The van der Waals surface area contributed by atoms with E-state index in [0.717, 1.165) is 37.4 Å². The van der Waals surface area contributed by atoms with Crippen LogP contribution in [0.5, 0.6) is 11.5 Å². The first-order valence-electron chi connectivity index (χ1n) is 9.46. The highest BCUT2D eigenvalue weighted by atomic mass is 16.5. The van der Waals surface area contributed by atoms with Crippen LogP contribution < -0.4 is 4.74 Å². The van der Waals surface area contributed by atoms with Gasteiger partial charge in [-0.1, -0.05) is 13.0 Å². The molecule has 0 saturated carbocycles. The van der Waals surface area contributed by atoms with Crippen LogP contribution in [0.2, 0.25) is 0 Å². The Kier molecular flexibility index (Phi) is 4.70. The number of ether oxygens (including phenoxy) is 1. The van der Waals surface area contributed by atoms with Gasteiger partial charge in [0.25, 0.3) is 0 Å². The number of hydrogen-bond donors (Lipinski definition) is 1. The lowest BCUT2D eigenvalue weighted by molar-refractivity contribution is 0.101. The van der Waals surface area contributed by atoms with E-state index in [1.165, 1.54) is 0 Å². The number of hydrogen-bond acceptors (Lipinski definition) is 5. The summed E-state index contributed by atoms with van der Waals surface area (Å²) in [5, 5.41) is 10.6. The van der Waals surface area contributed by atoms with E-state index in [1.807, 2.05) is 25.1 Å². The van der Waals surface area contributed by atoms with E-state index < -0.39 is 0 Å². The number of phenols is 1. The summed E-state index contributed by atoms with van der Waals surface area (Å²) in [6.07, 6.45) is 5.64. The van der Waals surface area contributed by atoms with Crippen molar-refractivity contribution >= 4 is 11.9 Å². The smallest absolute Gasteiger partial charge is 0.232 e. The van der Waals surface area contributed by atoms with E-state index >= 15 is 0 Å². The SMILES string of the molecule is Cc1cc(O)c(CN2CCC(C)CC2)c2c1C(=O)/C(=C/c1ccccn1)O2. The first-order valence-corrected chi connectivity index (χ1v) is 9.46. The standard InChI is InChI=1S/C22H24N2O3/c1-14-6-9-24(10-7-14)13-17-18(25)11-15(2)20-21(26)19(27-22(17)20)12-16-5-3-4-8-23-16/h3-5,8,11-12,14,25H,6-7,9-10,13H2,1-2H3/b19-12-. The number of allylic oxidation sites excluding steroid dienone is 1. The second-order valence-corrected chi connectivity index (χ2v) is 7.55. The summed E-state index contributed by atoms with van der Waals surface area (Å²) < 4.78 is 5.96. The molecule has 0 amide bonds. The predicted molar refractivity (Wildman–Crippen MR) is 104 cm³/mol. The number of carbonyl (C=O) groups is 1. The van der Waals surface area contributed by atoms with Gasteiger partial charge >= 0.3 is 0 Å². The summed E-state index contributed by atoms with van der Waals surface area (Å²) in [5.74, 6) is 1.53. The number of aryl methyl sites for hydroxylation is 1. The number of pyridine rings is 1. The van der Waals surface area contributed by atoms with Gasteiger partial charge in [-0.15, -0.1) is 0 Å². The van der Waals surface area contributed by atoms with E-state index in [4.69, 9.17) is 4.74 Å². The average Bonchev–Trinajstić information content (AvgIpc) is 2.98. The van der Waals surface area contributed by atoms with Crippen molar-refractivity contribution in [3.63, 3.8) is 0 Å². The van der Waals surface area contributed by atoms with Crippen molar-refractivity contribution in [1.29, 1.82) is 0 Å². The Labute approximate surface area is 159 Å². The molecule has 0 spiro atoms. The zero-order chi connectivity index (χ0) is 19.0. The zero-order valence-corrected chi connectivity index (χ0v) is 15.7. The normalized spacial score (nSPS) is 19.3. The van der Waals surface area contributed by atoms with Crippen LogP contribution in [0.3, 0.4) is 0 Å². The van der Waals surface area contributed by atoms with Gasteiger partial charge < -0.3 is 9.84 Å². The number of phenolic OH excluding ortho intramolecular Hbond substituents is 1. The largest absolute Gasteiger partial charge is 0.507 e. The first-order chi connectivity index (χ1) is 13.0. The van der Waals surface area contributed by atoms with Gasteiger partial charge in [-0.2, -0.15) is 0 Å². The third-order valence-corrected chi connectivity index (χ3v) is 5.45. The number of Topliss-reactive ketones (excluding diaryl/α,β-unsaturated/α-hetero) is 1. The van der Waals surface area contributed by atoms with Crippen molar-refractivity contribution in [3.8, 4) is 11.5 Å². The molecule has 5 heteroatoms. The minimum absolute atomic E-state index is 0.151. The molecule has 4 rings (SSSR count). The van der Waals surface area contributed by atoms with Gasteiger partial charge in [-0.05, 0) is 62.5 Å². The Morgan fingerprint density at radius 1 is 1.33 bits per heavy atom. The quantitative estimate of drug-likeness (QED) is 0.836. The van der Waals surface area contributed by atoms with Gasteiger partial charge in [-0.3, -0.25) is 14.7 Å². The molecule has 2 aliphatic heterocycles. The maximum Gasteiger partial charge on any atom is 0.232 e. The van der Waals surface area contributed by atoms with E-state index in [1.54, 1.807) is 18.3 Å². The molecule has 0 radical (unpaired) electrons. The lowest BCUT2D eigenvalue weighted by Gasteiger charge is -2.30. The molecule has 140 valence electrons. The van der Waals surface area contributed by atoms with Crippen LogP contribution in [0.1, 0.15) is 46.9 Å². The summed E-state index contributed by atoms with van der Waals surface area (Å²) in [6.45, 7) is 6.68. The minimum atomic E-state index is -0.151. The molecule has 1 N–H and O–H groups in total. The van der Waals surface area contributed by atoms with Gasteiger partial charge in [0, 0.05) is 18.8 Å². The lowest BCUT2D eigenvalue weighted by Crippen LogP contribution is -2.32. The molecule has 1 aromatic carbocycles. The molecule has 1 fully saturated rings. The molecule has 27 heavy (non-hydrogen) atoms. The van der Waals surface area contributed by atoms with Crippen LogP contribution in [0, 0.1) is 12.8 Å². The van der Waals surface area contributed by atoms with Gasteiger partial charge in [0.05, 0.1) is 16.8 Å². The number of likely N-dealkylation sites (tertiary alicyclic amines) is 1. The number of aromatic nitrogens is 1. The van der Waals surface area contributed by atoms with Crippen molar-refractivity contribution in [2.45, 2.75) is 33.2 Å². The maximum absolute atomic E-state index is 12.9. The number of benzene rings is 1. The summed E-state index contributed by atoms with van der Waals surface area (Å²) in [4.78, 5) is 19.5. The van der Waals surface area contributed by atoms with Crippen molar-refractivity contribution in [2.75, 3.05) is 13.1 Å². The number of piperidine rings is 1. The summed E-state index contributed by atoms with van der Waals surface area (Å²) in [7, 11) is 0. The van der Waals surface area contributed by atoms with Gasteiger partial charge in [0.1, 0.15) is 11.5 Å². The van der Waals surface area contributed by atoms with Crippen LogP contribution in [-0.2, 0) is 6.54 Å². The lowest BCUT2D eigenvalue weighted by atomic mass is 9.96. The maximum atomic E-state index is 12.9. The molecule has 3 heterocycles. The summed E-state index contributed by atoms with van der Waals surface area (Å²) in [5.41, 5.74) is 2.65. The number of fused-ring (bicyclic) bond motifs is 1. The van der Waals surface area contributed by atoms with E-state index in [-0.39, 0.29) is 17.3 Å². The van der Waals surface area contributed by atoms with Gasteiger partial charge in [0.15, 0.2) is 5.76 Å². The van der Waals surface area contributed by atoms with Crippen LogP contribution in [0.15, 0.2) is 36.2 Å². The molecular formula is C22H24N2O3. The third kappa shape index (κ3) is 3.47. The zero-order valence-electron chi connectivity index (χ0n) is 15.7. The van der Waals surface area contributed by atoms with Gasteiger partial charge in [-0.25, -0.2) is 0 Å². The fourth-order valence-electron chi connectivity index (χ4n) is 3.77. The van der Waals surface area contributed by atoms with Crippen LogP contribution in [0.25, 0.3) is 6.08 Å². The monoisotopic (exact) mass is 364 g/mol. The molecule has 0 unspecified atom stereocenters. The number of ketones is 1.